The number of hydrogen-bond acceptors (Lipinski definition) is 5. The predicted molar refractivity (Wildman–Crippen MR) is 135 cm³/mol. The maximum absolute atomic E-state index is 6.47. The number of rotatable bonds is 9. The SMILES string of the molecule is CCOc1cc(C=NN=C(N)SCc2ccccc2)cc(Cl)c1OCc1ccccc1Cl. The number of halogens is 2. The summed E-state index contributed by atoms with van der Waals surface area (Å²) in [5.41, 5.74) is 8.68. The fraction of sp³-hybridized carbons (Fsp3) is 0.167. The monoisotopic (exact) mass is 487 g/mol. The first-order chi connectivity index (χ1) is 15.6. The van der Waals surface area contributed by atoms with E-state index in [-0.39, 0.29) is 6.61 Å². The van der Waals surface area contributed by atoms with Crippen LogP contribution in [0.4, 0.5) is 0 Å². The summed E-state index contributed by atoms with van der Waals surface area (Å²) in [5, 5.41) is 9.53. The summed E-state index contributed by atoms with van der Waals surface area (Å²) in [6, 6.07) is 21.0. The van der Waals surface area contributed by atoms with E-state index in [1.807, 2.05) is 61.5 Å². The van der Waals surface area contributed by atoms with Crippen LogP contribution in [0, 0.1) is 0 Å². The second kappa shape index (κ2) is 12.4. The van der Waals surface area contributed by atoms with Crippen LogP contribution in [0.3, 0.4) is 0 Å². The van der Waals surface area contributed by atoms with Crippen molar-refractivity contribution < 1.29 is 9.47 Å². The zero-order valence-electron chi connectivity index (χ0n) is 17.5. The van der Waals surface area contributed by atoms with Crippen LogP contribution in [0.2, 0.25) is 10.0 Å². The number of nitrogens with two attached hydrogens (primary N) is 1. The number of thioether (sulfide) groups is 1. The van der Waals surface area contributed by atoms with Crippen LogP contribution in [0.15, 0.2) is 76.9 Å². The van der Waals surface area contributed by atoms with Gasteiger partial charge >= 0.3 is 0 Å². The Hall–Kier alpha value is -2.67. The lowest BCUT2D eigenvalue weighted by atomic mass is 10.2. The van der Waals surface area contributed by atoms with Gasteiger partial charge in [-0.05, 0) is 30.7 Å². The van der Waals surface area contributed by atoms with E-state index in [1.54, 1.807) is 18.3 Å². The zero-order chi connectivity index (χ0) is 22.8. The van der Waals surface area contributed by atoms with E-state index in [4.69, 9.17) is 38.4 Å². The molecule has 0 saturated carbocycles. The minimum Gasteiger partial charge on any atom is -0.490 e. The molecule has 0 bridgehead atoms. The maximum atomic E-state index is 6.47. The Kier molecular flexibility index (Phi) is 9.28. The third kappa shape index (κ3) is 7.19. The van der Waals surface area contributed by atoms with Gasteiger partial charge in [0.05, 0.1) is 17.8 Å². The highest BCUT2D eigenvalue weighted by atomic mass is 35.5. The van der Waals surface area contributed by atoms with Gasteiger partial charge in [-0.15, -0.1) is 5.10 Å². The van der Waals surface area contributed by atoms with Gasteiger partial charge in [0, 0.05) is 21.9 Å². The van der Waals surface area contributed by atoms with Crippen molar-refractivity contribution >= 4 is 46.3 Å². The molecule has 8 heteroatoms. The van der Waals surface area contributed by atoms with E-state index in [0.29, 0.717) is 38.9 Å². The largest absolute Gasteiger partial charge is 0.490 e. The third-order valence-electron chi connectivity index (χ3n) is 4.25. The summed E-state index contributed by atoms with van der Waals surface area (Å²) < 4.78 is 11.6. The second-order valence-corrected chi connectivity index (χ2v) is 8.41. The summed E-state index contributed by atoms with van der Waals surface area (Å²) >= 11 is 14.1. The Morgan fingerprint density at radius 1 is 1.00 bits per heavy atom. The van der Waals surface area contributed by atoms with Crippen molar-refractivity contribution in [3.05, 3.63) is 93.5 Å². The first kappa shape index (κ1) is 24.0. The lowest BCUT2D eigenvalue weighted by Crippen LogP contribution is -2.06. The van der Waals surface area contributed by atoms with Gasteiger partial charge in [0.2, 0.25) is 0 Å². The molecule has 0 heterocycles. The molecular formula is C24H23Cl2N3O2S. The smallest absolute Gasteiger partial charge is 0.180 e. The van der Waals surface area contributed by atoms with E-state index in [0.717, 1.165) is 11.3 Å². The highest BCUT2D eigenvalue weighted by molar-refractivity contribution is 8.13. The van der Waals surface area contributed by atoms with E-state index in [9.17, 15) is 0 Å². The summed E-state index contributed by atoms with van der Waals surface area (Å²) in [4.78, 5) is 0. The zero-order valence-corrected chi connectivity index (χ0v) is 19.8. The van der Waals surface area contributed by atoms with Crippen LogP contribution in [0.25, 0.3) is 0 Å². The molecule has 0 saturated heterocycles. The van der Waals surface area contributed by atoms with Gasteiger partial charge in [-0.1, -0.05) is 83.5 Å². The van der Waals surface area contributed by atoms with E-state index < -0.39 is 0 Å². The number of nitrogens with zero attached hydrogens (tertiary/aromatic N) is 2. The van der Waals surface area contributed by atoms with Gasteiger partial charge in [-0.2, -0.15) is 5.10 Å². The Balaban J connectivity index is 1.68. The summed E-state index contributed by atoms with van der Waals surface area (Å²) in [7, 11) is 0. The average Bonchev–Trinajstić information content (AvgIpc) is 2.79. The van der Waals surface area contributed by atoms with Crippen molar-refractivity contribution in [1.29, 1.82) is 0 Å². The Morgan fingerprint density at radius 3 is 2.50 bits per heavy atom. The Labute approximate surface area is 202 Å². The Bertz CT molecular complexity index is 1090. The van der Waals surface area contributed by atoms with Crippen molar-refractivity contribution in [3.8, 4) is 11.5 Å². The quantitative estimate of drug-likeness (QED) is 0.211. The highest BCUT2D eigenvalue weighted by Crippen LogP contribution is 2.37. The topological polar surface area (TPSA) is 69.2 Å². The van der Waals surface area contributed by atoms with Crippen molar-refractivity contribution in [1.82, 2.24) is 0 Å². The molecule has 0 aromatic heterocycles. The molecule has 0 radical (unpaired) electrons. The molecule has 0 atom stereocenters. The number of benzene rings is 3. The van der Waals surface area contributed by atoms with Crippen LogP contribution >= 0.6 is 35.0 Å². The number of ether oxygens (including phenoxy) is 2. The Morgan fingerprint density at radius 2 is 1.75 bits per heavy atom. The molecule has 166 valence electrons. The summed E-state index contributed by atoms with van der Waals surface area (Å²) in [5.74, 6) is 1.69. The molecule has 0 spiro atoms. The second-order valence-electron chi connectivity index (χ2n) is 6.60. The van der Waals surface area contributed by atoms with Gasteiger partial charge in [0.15, 0.2) is 16.7 Å². The van der Waals surface area contributed by atoms with Gasteiger partial charge in [0.25, 0.3) is 0 Å². The van der Waals surface area contributed by atoms with Crippen LogP contribution in [-0.2, 0) is 12.4 Å². The molecule has 0 fully saturated rings. The van der Waals surface area contributed by atoms with Gasteiger partial charge in [-0.3, -0.25) is 0 Å². The lowest BCUT2D eigenvalue weighted by molar-refractivity contribution is 0.269. The number of amidine groups is 1. The fourth-order valence-electron chi connectivity index (χ4n) is 2.74. The maximum Gasteiger partial charge on any atom is 0.180 e. The van der Waals surface area contributed by atoms with Crippen LogP contribution in [-0.4, -0.2) is 18.0 Å². The first-order valence-electron chi connectivity index (χ1n) is 9.92. The number of hydrogen-bond donors (Lipinski definition) is 1. The highest BCUT2D eigenvalue weighted by Gasteiger charge is 2.13. The van der Waals surface area contributed by atoms with Crippen molar-refractivity contribution in [2.45, 2.75) is 19.3 Å². The summed E-state index contributed by atoms with van der Waals surface area (Å²) in [6.45, 7) is 2.62. The average molecular weight is 488 g/mol. The molecule has 0 aliphatic carbocycles. The van der Waals surface area contributed by atoms with Crippen molar-refractivity contribution in [3.63, 3.8) is 0 Å². The first-order valence-corrected chi connectivity index (χ1v) is 11.7. The van der Waals surface area contributed by atoms with Gasteiger partial charge < -0.3 is 15.2 Å². The van der Waals surface area contributed by atoms with E-state index in [2.05, 4.69) is 10.2 Å². The van der Waals surface area contributed by atoms with E-state index >= 15 is 0 Å². The normalized spacial score (nSPS) is 11.7. The van der Waals surface area contributed by atoms with Crippen molar-refractivity contribution in [2.75, 3.05) is 6.61 Å². The molecule has 5 nitrogen and oxygen atoms in total. The van der Waals surface area contributed by atoms with E-state index in [1.165, 1.54) is 17.3 Å². The van der Waals surface area contributed by atoms with Gasteiger partial charge in [-0.25, -0.2) is 0 Å². The van der Waals surface area contributed by atoms with Crippen LogP contribution in [0.5, 0.6) is 11.5 Å². The molecule has 0 unspecified atom stereocenters. The molecule has 0 amide bonds. The molecule has 3 aromatic carbocycles. The van der Waals surface area contributed by atoms with Gasteiger partial charge in [0.1, 0.15) is 6.61 Å². The summed E-state index contributed by atoms with van der Waals surface area (Å²) in [6.07, 6.45) is 1.57. The molecule has 32 heavy (non-hydrogen) atoms. The fourth-order valence-corrected chi connectivity index (χ4v) is 3.82. The minimum absolute atomic E-state index is 0.270. The van der Waals surface area contributed by atoms with Crippen molar-refractivity contribution in [2.24, 2.45) is 15.9 Å². The molecule has 3 aromatic rings. The standard InChI is InChI=1S/C24H23Cl2N3O2S/c1-2-30-22-13-18(14-28-29-24(27)32-16-17-8-4-3-5-9-17)12-21(26)23(22)31-15-19-10-6-7-11-20(19)25/h3-14H,2,15-16H2,1H3,(H2,27,29). The predicted octanol–water partition coefficient (Wildman–Crippen LogP) is 6.55. The molecular weight excluding hydrogens is 465 g/mol. The third-order valence-corrected chi connectivity index (χ3v) is 5.76. The molecule has 3 rings (SSSR count). The van der Waals surface area contributed by atoms with Crippen LogP contribution < -0.4 is 15.2 Å². The minimum atomic E-state index is 0.270. The van der Waals surface area contributed by atoms with Crippen LogP contribution in [0.1, 0.15) is 23.6 Å². The molecule has 0 aliphatic heterocycles. The lowest BCUT2D eigenvalue weighted by Gasteiger charge is -2.15. The molecule has 2 N–H and O–H groups in total. The molecule has 0 aliphatic rings.